The van der Waals surface area contributed by atoms with Gasteiger partial charge in [-0.05, 0) is 72.2 Å². The second kappa shape index (κ2) is 7.85. The second-order valence-electron chi connectivity index (χ2n) is 5.82. The van der Waals surface area contributed by atoms with Crippen LogP contribution in [0.15, 0.2) is 65.2 Å². The predicted molar refractivity (Wildman–Crippen MR) is 112 cm³/mol. The molecule has 1 aliphatic heterocycles. The van der Waals surface area contributed by atoms with Crippen molar-refractivity contribution in [3.05, 3.63) is 76.3 Å². The fourth-order valence-corrected chi connectivity index (χ4v) is 3.21. The Morgan fingerprint density at radius 2 is 1.89 bits per heavy atom. The summed E-state index contributed by atoms with van der Waals surface area (Å²) in [6, 6.07) is 11.9. The first-order valence-electron chi connectivity index (χ1n) is 8.00. The smallest absolute Gasteiger partial charge is 0.270 e. The summed E-state index contributed by atoms with van der Waals surface area (Å²) in [5.41, 5.74) is 1.79. The molecule has 0 radical (unpaired) electrons. The van der Waals surface area contributed by atoms with E-state index in [9.17, 15) is 14.7 Å². The topological polar surface area (TPSA) is 69.6 Å². The van der Waals surface area contributed by atoms with Gasteiger partial charge >= 0.3 is 0 Å². The lowest BCUT2D eigenvalue weighted by Gasteiger charge is -2.29. The highest BCUT2D eigenvalue weighted by Gasteiger charge is 2.34. The average molecular weight is 443 g/mol. The van der Waals surface area contributed by atoms with Crippen molar-refractivity contribution in [2.24, 2.45) is 0 Å². The summed E-state index contributed by atoms with van der Waals surface area (Å²) in [5, 5.41) is 12.5. The third-order valence-electron chi connectivity index (χ3n) is 3.97. The summed E-state index contributed by atoms with van der Waals surface area (Å²) in [6.07, 6.45) is 3.62. The molecule has 0 aromatic heterocycles. The van der Waals surface area contributed by atoms with Crippen LogP contribution in [0.3, 0.4) is 0 Å². The van der Waals surface area contributed by atoms with Crippen LogP contribution in [0.5, 0.6) is 5.75 Å². The van der Waals surface area contributed by atoms with Gasteiger partial charge in [0, 0.05) is 4.47 Å². The summed E-state index contributed by atoms with van der Waals surface area (Å²) >= 11 is 8.52. The highest BCUT2D eigenvalue weighted by Crippen LogP contribution is 2.25. The Hall–Kier alpha value is -2.77. The Balaban J connectivity index is 2.00. The third kappa shape index (κ3) is 3.99. The monoisotopic (exact) mass is 442 g/mol. The number of aromatic hydroxyl groups is 1. The molecule has 5 nitrogen and oxygen atoms in total. The van der Waals surface area contributed by atoms with Gasteiger partial charge in [-0.3, -0.25) is 19.8 Å². The summed E-state index contributed by atoms with van der Waals surface area (Å²) < 4.78 is 0.861. The maximum atomic E-state index is 12.9. The molecule has 0 saturated carbocycles. The fourth-order valence-electron chi connectivity index (χ4n) is 2.66. The Labute approximate surface area is 170 Å². The van der Waals surface area contributed by atoms with Crippen LogP contribution in [-0.4, -0.2) is 22.0 Å². The average Bonchev–Trinajstić information content (AvgIpc) is 2.63. The first-order valence-corrected chi connectivity index (χ1v) is 9.20. The van der Waals surface area contributed by atoms with Gasteiger partial charge in [-0.25, -0.2) is 0 Å². The van der Waals surface area contributed by atoms with Gasteiger partial charge in [-0.15, -0.1) is 6.58 Å². The van der Waals surface area contributed by atoms with Crippen molar-refractivity contribution in [1.82, 2.24) is 5.32 Å². The zero-order chi connectivity index (χ0) is 19.6. The minimum Gasteiger partial charge on any atom is -0.508 e. The van der Waals surface area contributed by atoms with Crippen LogP contribution in [0.25, 0.3) is 6.08 Å². The molecule has 27 heavy (non-hydrogen) atoms. The zero-order valence-corrected chi connectivity index (χ0v) is 16.5. The number of benzene rings is 2. The first kappa shape index (κ1) is 19.0. The molecule has 0 aliphatic carbocycles. The van der Waals surface area contributed by atoms with Crippen molar-refractivity contribution < 1.29 is 14.7 Å². The molecule has 1 saturated heterocycles. The predicted octanol–water partition coefficient (Wildman–Crippen LogP) is 3.71. The number of thiocarbonyl (C=S) groups is 1. The number of hydrogen-bond donors (Lipinski definition) is 2. The highest BCUT2D eigenvalue weighted by molar-refractivity contribution is 9.10. The van der Waals surface area contributed by atoms with E-state index in [1.165, 1.54) is 17.0 Å². The number of carbonyl (C=O) groups is 2. The zero-order valence-electron chi connectivity index (χ0n) is 14.1. The van der Waals surface area contributed by atoms with Crippen molar-refractivity contribution in [2.75, 3.05) is 4.90 Å². The molecule has 3 rings (SSSR count). The number of phenols is 1. The highest BCUT2D eigenvalue weighted by atomic mass is 79.9. The summed E-state index contributed by atoms with van der Waals surface area (Å²) in [6.45, 7) is 3.66. The summed E-state index contributed by atoms with van der Waals surface area (Å²) in [5.74, 6) is -0.935. The number of amides is 2. The molecule has 0 unspecified atom stereocenters. The van der Waals surface area contributed by atoms with Crippen LogP contribution in [0, 0.1) is 0 Å². The fraction of sp³-hybridized carbons (Fsp3) is 0.0500. The minimum absolute atomic E-state index is 0.0301. The van der Waals surface area contributed by atoms with E-state index in [2.05, 4.69) is 27.8 Å². The number of anilines is 1. The Bertz CT molecular complexity index is 983. The molecule has 0 atom stereocenters. The number of phenolic OH excluding ortho intramolecular Hbond substituents is 1. The van der Waals surface area contributed by atoms with Crippen LogP contribution >= 0.6 is 28.1 Å². The van der Waals surface area contributed by atoms with E-state index in [1.54, 1.807) is 42.5 Å². The molecular formula is C20H15BrN2O3S. The van der Waals surface area contributed by atoms with Gasteiger partial charge in [-0.2, -0.15) is 0 Å². The molecule has 7 heteroatoms. The van der Waals surface area contributed by atoms with Gasteiger partial charge in [0.25, 0.3) is 11.8 Å². The van der Waals surface area contributed by atoms with E-state index in [4.69, 9.17) is 12.2 Å². The van der Waals surface area contributed by atoms with Crippen LogP contribution in [0.1, 0.15) is 11.1 Å². The van der Waals surface area contributed by atoms with Crippen molar-refractivity contribution >= 4 is 56.8 Å². The van der Waals surface area contributed by atoms with Crippen molar-refractivity contribution in [3.8, 4) is 5.75 Å². The number of carbonyl (C=O) groups excluding carboxylic acids is 2. The molecule has 2 aromatic rings. The molecule has 1 aliphatic rings. The van der Waals surface area contributed by atoms with E-state index in [0.29, 0.717) is 23.2 Å². The largest absolute Gasteiger partial charge is 0.508 e. The van der Waals surface area contributed by atoms with Gasteiger partial charge in [0.2, 0.25) is 0 Å². The Morgan fingerprint density at radius 3 is 2.56 bits per heavy atom. The molecule has 2 amide bonds. The molecule has 0 spiro atoms. The number of hydrogen-bond acceptors (Lipinski definition) is 4. The van der Waals surface area contributed by atoms with Crippen LogP contribution in [-0.2, 0) is 16.0 Å². The third-order valence-corrected chi connectivity index (χ3v) is 4.78. The lowest BCUT2D eigenvalue weighted by atomic mass is 10.0. The standard InChI is InChI=1S/C20H15BrN2O3S/c1-2-3-13-10-12(4-9-17(13)24)11-16-18(25)22-20(27)23(19(16)26)15-7-5-14(21)6-8-15/h2,4-11,24H,1,3H2,(H,22,25,27). The van der Waals surface area contributed by atoms with Gasteiger partial charge in [-0.1, -0.05) is 28.1 Å². The van der Waals surface area contributed by atoms with Gasteiger partial charge in [0.05, 0.1) is 5.69 Å². The van der Waals surface area contributed by atoms with E-state index < -0.39 is 11.8 Å². The van der Waals surface area contributed by atoms with E-state index in [1.807, 2.05) is 0 Å². The number of halogens is 1. The normalized spacial score (nSPS) is 15.8. The quantitative estimate of drug-likeness (QED) is 0.327. The second-order valence-corrected chi connectivity index (χ2v) is 7.12. The maximum absolute atomic E-state index is 12.9. The molecule has 1 fully saturated rings. The van der Waals surface area contributed by atoms with E-state index >= 15 is 0 Å². The number of allylic oxidation sites excluding steroid dienone is 1. The van der Waals surface area contributed by atoms with E-state index in [0.717, 1.165) is 4.47 Å². The van der Waals surface area contributed by atoms with Crippen molar-refractivity contribution in [3.63, 3.8) is 0 Å². The summed E-state index contributed by atoms with van der Waals surface area (Å²) in [4.78, 5) is 26.6. The Morgan fingerprint density at radius 1 is 1.19 bits per heavy atom. The first-order chi connectivity index (χ1) is 12.9. The number of nitrogens with one attached hydrogen (secondary N) is 1. The lowest BCUT2D eigenvalue weighted by Crippen LogP contribution is -2.54. The summed E-state index contributed by atoms with van der Waals surface area (Å²) in [7, 11) is 0. The van der Waals surface area contributed by atoms with Gasteiger partial charge in [0.15, 0.2) is 5.11 Å². The number of nitrogens with zero attached hydrogens (tertiary/aromatic N) is 1. The Kier molecular flexibility index (Phi) is 5.53. The molecule has 2 aromatic carbocycles. The molecule has 2 N–H and O–H groups in total. The van der Waals surface area contributed by atoms with Crippen molar-refractivity contribution in [1.29, 1.82) is 0 Å². The van der Waals surface area contributed by atoms with Crippen LogP contribution in [0.2, 0.25) is 0 Å². The SMILES string of the molecule is C=CCc1cc(C=C2C(=O)NC(=S)N(c3ccc(Br)cc3)C2=O)ccc1O. The number of rotatable bonds is 4. The van der Waals surface area contributed by atoms with Gasteiger partial charge in [0.1, 0.15) is 11.3 Å². The van der Waals surface area contributed by atoms with Crippen molar-refractivity contribution in [2.45, 2.75) is 6.42 Å². The van der Waals surface area contributed by atoms with Crippen LogP contribution < -0.4 is 10.2 Å². The molecule has 0 bridgehead atoms. The van der Waals surface area contributed by atoms with E-state index in [-0.39, 0.29) is 16.4 Å². The lowest BCUT2D eigenvalue weighted by molar-refractivity contribution is -0.122. The molecule has 136 valence electrons. The minimum atomic E-state index is -0.559. The van der Waals surface area contributed by atoms with Crippen LogP contribution in [0.4, 0.5) is 5.69 Å². The maximum Gasteiger partial charge on any atom is 0.270 e. The molecular weight excluding hydrogens is 428 g/mol. The van der Waals surface area contributed by atoms with Gasteiger partial charge < -0.3 is 5.11 Å². The molecule has 1 heterocycles.